The minimum atomic E-state index is 0.316. The maximum absolute atomic E-state index is 9.97. The number of likely N-dealkylation sites (tertiary alicyclic amines) is 1. The van der Waals surface area contributed by atoms with Crippen LogP contribution in [0.4, 0.5) is 0 Å². The molecule has 1 saturated heterocycles. The van der Waals surface area contributed by atoms with Crippen LogP contribution in [0.1, 0.15) is 51.0 Å². The van der Waals surface area contributed by atoms with E-state index in [1.165, 1.54) is 63.7 Å². The third-order valence-electron chi connectivity index (χ3n) is 6.49. The van der Waals surface area contributed by atoms with Crippen molar-refractivity contribution >= 4 is 0 Å². The van der Waals surface area contributed by atoms with E-state index < -0.39 is 0 Å². The third-order valence-corrected chi connectivity index (χ3v) is 6.49. The summed E-state index contributed by atoms with van der Waals surface area (Å²) >= 11 is 0. The van der Waals surface area contributed by atoms with E-state index in [9.17, 15) is 5.11 Å². The van der Waals surface area contributed by atoms with Gasteiger partial charge in [0.25, 0.3) is 0 Å². The fourth-order valence-electron chi connectivity index (χ4n) is 5.13. The van der Waals surface area contributed by atoms with E-state index >= 15 is 0 Å². The first-order chi connectivity index (χ1) is 10.7. The van der Waals surface area contributed by atoms with Gasteiger partial charge in [-0.1, -0.05) is 25.5 Å². The number of hydrogen-bond donors (Lipinski definition) is 1. The summed E-state index contributed by atoms with van der Waals surface area (Å²) in [6, 6.07) is 8.15. The highest BCUT2D eigenvalue weighted by Crippen LogP contribution is 2.51. The van der Waals surface area contributed by atoms with Crippen LogP contribution >= 0.6 is 0 Å². The average Bonchev–Trinajstić information content (AvgIpc) is 3.31. The Labute approximate surface area is 134 Å². The van der Waals surface area contributed by atoms with Crippen molar-refractivity contribution in [1.82, 2.24) is 4.90 Å². The average molecular weight is 299 g/mol. The summed E-state index contributed by atoms with van der Waals surface area (Å²) in [6.07, 6.45) is 8.23. The van der Waals surface area contributed by atoms with E-state index in [4.69, 9.17) is 0 Å². The predicted molar refractivity (Wildman–Crippen MR) is 90.1 cm³/mol. The van der Waals surface area contributed by atoms with E-state index in [0.29, 0.717) is 11.2 Å². The van der Waals surface area contributed by atoms with Crippen molar-refractivity contribution in [2.75, 3.05) is 19.6 Å². The summed E-state index contributed by atoms with van der Waals surface area (Å²) in [6.45, 7) is 6.27. The Bertz CT molecular complexity index is 538. The number of aromatic hydroxyl groups is 1. The Morgan fingerprint density at radius 1 is 1.23 bits per heavy atom. The molecule has 1 heterocycles. The lowest BCUT2D eigenvalue weighted by atomic mass is 9.57. The molecule has 1 N–H and O–H groups in total. The van der Waals surface area contributed by atoms with Crippen molar-refractivity contribution in [2.24, 2.45) is 17.8 Å². The van der Waals surface area contributed by atoms with Crippen LogP contribution in [0.5, 0.6) is 5.75 Å². The second-order valence-electron chi connectivity index (χ2n) is 8.24. The number of fused-ring (bicyclic) bond motifs is 1. The maximum Gasteiger partial charge on any atom is 0.115 e. The van der Waals surface area contributed by atoms with Crippen molar-refractivity contribution in [3.8, 4) is 5.75 Å². The van der Waals surface area contributed by atoms with E-state index in [0.717, 1.165) is 17.8 Å². The van der Waals surface area contributed by atoms with Crippen LogP contribution in [0.2, 0.25) is 0 Å². The zero-order chi connectivity index (χ0) is 15.2. The summed E-state index contributed by atoms with van der Waals surface area (Å²) in [4.78, 5) is 2.74. The Morgan fingerprint density at radius 3 is 2.86 bits per heavy atom. The van der Waals surface area contributed by atoms with E-state index in [1.807, 2.05) is 18.2 Å². The molecular formula is C20H29NO. The van der Waals surface area contributed by atoms with Gasteiger partial charge in [-0.05, 0) is 74.1 Å². The van der Waals surface area contributed by atoms with E-state index in [2.05, 4.69) is 17.9 Å². The first kappa shape index (κ1) is 14.6. The van der Waals surface area contributed by atoms with Gasteiger partial charge in [-0.3, -0.25) is 0 Å². The minimum absolute atomic E-state index is 0.316. The Balaban J connectivity index is 1.61. The standard InChI is InChI=1S/C20H29NO/c1-15-5-8-18-14-21(13-16-6-7-16)10-9-20(18,12-15)17-3-2-4-19(22)11-17/h2-4,11,15-16,18,22H,5-10,12-14H2,1H3/t15-,18+,20-/m1/s1. The van der Waals surface area contributed by atoms with Crippen molar-refractivity contribution < 1.29 is 5.11 Å². The zero-order valence-electron chi connectivity index (χ0n) is 13.8. The predicted octanol–water partition coefficient (Wildman–Crippen LogP) is 4.18. The van der Waals surface area contributed by atoms with Gasteiger partial charge in [-0.15, -0.1) is 0 Å². The molecule has 2 heteroatoms. The molecule has 120 valence electrons. The summed E-state index contributed by atoms with van der Waals surface area (Å²) in [7, 11) is 0. The lowest BCUT2D eigenvalue weighted by Crippen LogP contribution is -2.52. The topological polar surface area (TPSA) is 23.5 Å². The number of benzene rings is 1. The minimum Gasteiger partial charge on any atom is -0.508 e. The highest BCUT2D eigenvalue weighted by atomic mass is 16.3. The number of nitrogens with zero attached hydrogens (tertiary/aromatic N) is 1. The molecular weight excluding hydrogens is 270 g/mol. The van der Waals surface area contributed by atoms with Crippen LogP contribution < -0.4 is 0 Å². The molecule has 2 nitrogen and oxygen atoms in total. The summed E-state index contributed by atoms with van der Waals surface area (Å²) in [5.41, 5.74) is 1.71. The first-order valence-electron chi connectivity index (χ1n) is 9.17. The second-order valence-corrected chi connectivity index (χ2v) is 8.24. The summed E-state index contributed by atoms with van der Waals surface area (Å²) in [5, 5.41) is 9.97. The number of hydrogen-bond acceptors (Lipinski definition) is 2. The smallest absolute Gasteiger partial charge is 0.115 e. The number of phenolic OH excluding ortho intramolecular Hbond substituents is 1. The van der Waals surface area contributed by atoms with Crippen LogP contribution in [0.3, 0.4) is 0 Å². The zero-order valence-corrected chi connectivity index (χ0v) is 13.8. The molecule has 1 aromatic rings. The molecule has 3 atom stereocenters. The van der Waals surface area contributed by atoms with Gasteiger partial charge in [-0.2, -0.15) is 0 Å². The molecule has 0 unspecified atom stereocenters. The van der Waals surface area contributed by atoms with Crippen molar-refractivity contribution in [3.63, 3.8) is 0 Å². The molecule has 0 aromatic heterocycles. The summed E-state index contributed by atoms with van der Waals surface area (Å²) in [5.74, 6) is 3.02. The number of piperidine rings is 1. The highest BCUT2D eigenvalue weighted by molar-refractivity contribution is 5.35. The van der Waals surface area contributed by atoms with Crippen molar-refractivity contribution in [3.05, 3.63) is 29.8 Å². The summed E-state index contributed by atoms with van der Waals surface area (Å²) < 4.78 is 0. The molecule has 4 rings (SSSR count). The number of phenols is 1. The lowest BCUT2D eigenvalue weighted by Gasteiger charge is -2.53. The monoisotopic (exact) mass is 299 g/mol. The quantitative estimate of drug-likeness (QED) is 0.905. The van der Waals surface area contributed by atoms with Gasteiger partial charge in [-0.25, -0.2) is 0 Å². The SMILES string of the molecule is C[C@@H]1CC[C@H]2CN(CC3CC3)CC[C@]2(c2cccc(O)c2)C1. The molecule has 2 saturated carbocycles. The number of rotatable bonds is 3. The third kappa shape index (κ3) is 2.67. The molecule has 0 bridgehead atoms. The van der Waals surface area contributed by atoms with Gasteiger partial charge in [0.2, 0.25) is 0 Å². The molecule has 0 amide bonds. The molecule has 0 radical (unpaired) electrons. The van der Waals surface area contributed by atoms with Crippen LogP contribution in [0.15, 0.2) is 24.3 Å². The molecule has 22 heavy (non-hydrogen) atoms. The van der Waals surface area contributed by atoms with Gasteiger partial charge in [0.05, 0.1) is 0 Å². The molecule has 2 aliphatic carbocycles. The second kappa shape index (κ2) is 5.56. The largest absolute Gasteiger partial charge is 0.508 e. The Kier molecular flexibility index (Phi) is 3.68. The molecule has 0 spiro atoms. The van der Waals surface area contributed by atoms with Gasteiger partial charge in [0.1, 0.15) is 5.75 Å². The highest BCUT2D eigenvalue weighted by Gasteiger charge is 2.47. The van der Waals surface area contributed by atoms with Gasteiger partial charge < -0.3 is 10.0 Å². The normalized spacial score (nSPS) is 36.0. The molecule has 1 aromatic carbocycles. The van der Waals surface area contributed by atoms with Gasteiger partial charge >= 0.3 is 0 Å². The lowest BCUT2D eigenvalue weighted by molar-refractivity contribution is 0.0364. The van der Waals surface area contributed by atoms with Crippen LogP contribution in [-0.4, -0.2) is 29.6 Å². The van der Waals surface area contributed by atoms with Crippen molar-refractivity contribution in [1.29, 1.82) is 0 Å². The van der Waals surface area contributed by atoms with Crippen LogP contribution in [0.25, 0.3) is 0 Å². The molecule has 3 aliphatic rings. The van der Waals surface area contributed by atoms with Gasteiger partial charge in [0.15, 0.2) is 0 Å². The van der Waals surface area contributed by atoms with Crippen LogP contribution in [0, 0.1) is 17.8 Å². The molecule has 1 aliphatic heterocycles. The van der Waals surface area contributed by atoms with Gasteiger partial charge in [0, 0.05) is 18.5 Å². The van der Waals surface area contributed by atoms with Crippen LogP contribution in [-0.2, 0) is 5.41 Å². The molecule has 3 fully saturated rings. The van der Waals surface area contributed by atoms with Crippen molar-refractivity contribution in [2.45, 2.75) is 50.9 Å². The fraction of sp³-hybridized carbons (Fsp3) is 0.700. The Morgan fingerprint density at radius 2 is 2.09 bits per heavy atom. The van der Waals surface area contributed by atoms with E-state index in [1.54, 1.807) is 0 Å². The Hall–Kier alpha value is -1.02. The van der Waals surface area contributed by atoms with E-state index in [-0.39, 0.29) is 0 Å². The first-order valence-corrected chi connectivity index (χ1v) is 9.17. The fourth-order valence-corrected chi connectivity index (χ4v) is 5.13. The maximum atomic E-state index is 9.97.